The first-order valence-electron chi connectivity index (χ1n) is 14.0. The van der Waals surface area contributed by atoms with Gasteiger partial charge < -0.3 is 37.6 Å². The largest absolute Gasteiger partial charge is 0.480 e. The number of aromatic carboxylic acids is 1. The van der Waals surface area contributed by atoms with Crippen molar-refractivity contribution in [3.05, 3.63) is 65.1 Å². The van der Waals surface area contributed by atoms with E-state index in [1.54, 1.807) is 37.4 Å². The molecule has 4 rings (SSSR count). The van der Waals surface area contributed by atoms with Crippen molar-refractivity contribution in [3.8, 4) is 0 Å². The van der Waals surface area contributed by atoms with Gasteiger partial charge in [-0.2, -0.15) is 9.97 Å². The zero-order chi connectivity index (χ0) is 32.2. The summed E-state index contributed by atoms with van der Waals surface area (Å²) in [7, 11) is 0. The molecular weight excluding hydrogens is 568 g/mol. The normalized spacial score (nSPS) is 11.2. The first-order valence-corrected chi connectivity index (χ1v) is 14.0. The van der Waals surface area contributed by atoms with Crippen LogP contribution in [0.4, 0.5) is 23.3 Å². The Morgan fingerprint density at radius 2 is 1.66 bits per heavy atom. The summed E-state index contributed by atoms with van der Waals surface area (Å²) in [6.07, 6.45) is 4.33. The average Bonchev–Trinajstić information content (AvgIpc) is 3.01. The SMILES string of the molecule is CC.Cc1cnc(NCCCCC(NC(=O)c2ccc(NCc3cnc4nc(N)nc(N)c4n3)cc2)C(=O)O)c(C(=O)O)c1. The standard InChI is InChI=1S/C27H30N10O5.C2H6/c1-14-10-18(25(39)40)22(32-11-14)30-9-3-2-4-19(26(41)42)35-24(38)15-5-7-16(8-6-15)31-12-17-13-33-23-20(34-17)21(28)36-27(29)37-23;1-2/h5-8,10-11,13,19,31H,2-4,9,12H2,1H3,(H,30,32)(H,35,38)(H,39,40)(H,41,42)(H4,28,29,33,36,37);1-2H3. The molecule has 0 saturated heterocycles. The van der Waals surface area contributed by atoms with Crippen molar-refractivity contribution in [2.45, 2.75) is 52.6 Å². The number of pyridine rings is 1. The molecule has 3 heterocycles. The zero-order valence-corrected chi connectivity index (χ0v) is 24.7. The first kappa shape index (κ1) is 32.9. The number of amides is 1. The van der Waals surface area contributed by atoms with E-state index in [1.807, 2.05) is 13.8 Å². The monoisotopic (exact) mass is 604 g/mol. The lowest BCUT2D eigenvalue weighted by molar-refractivity contribution is -0.139. The number of anilines is 4. The van der Waals surface area contributed by atoms with Gasteiger partial charge in [0.25, 0.3) is 5.91 Å². The van der Waals surface area contributed by atoms with E-state index in [0.29, 0.717) is 54.0 Å². The number of carbonyl (C=O) groups excluding carboxylic acids is 1. The molecule has 0 aliphatic rings. The maximum absolute atomic E-state index is 12.7. The second-order valence-corrected chi connectivity index (χ2v) is 9.43. The van der Waals surface area contributed by atoms with E-state index in [2.05, 4.69) is 40.9 Å². The van der Waals surface area contributed by atoms with Crippen molar-refractivity contribution >= 4 is 52.3 Å². The maximum atomic E-state index is 12.7. The van der Waals surface area contributed by atoms with E-state index in [9.17, 15) is 24.6 Å². The maximum Gasteiger partial charge on any atom is 0.339 e. The summed E-state index contributed by atoms with van der Waals surface area (Å²) in [5.41, 5.74) is 14.5. The van der Waals surface area contributed by atoms with Crippen LogP contribution in [0.3, 0.4) is 0 Å². The van der Waals surface area contributed by atoms with Crippen LogP contribution in [-0.4, -0.2) is 65.6 Å². The molecule has 232 valence electrons. The molecule has 44 heavy (non-hydrogen) atoms. The predicted molar refractivity (Wildman–Crippen MR) is 166 cm³/mol. The van der Waals surface area contributed by atoms with Crippen molar-refractivity contribution in [1.29, 1.82) is 0 Å². The van der Waals surface area contributed by atoms with Gasteiger partial charge in [-0.1, -0.05) is 13.8 Å². The van der Waals surface area contributed by atoms with E-state index >= 15 is 0 Å². The molecule has 4 aromatic rings. The summed E-state index contributed by atoms with van der Waals surface area (Å²) < 4.78 is 0. The molecule has 9 N–H and O–H groups in total. The molecule has 15 nitrogen and oxygen atoms in total. The quantitative estimate of drug-likeness (QED) is 0.108. The van der Waals surface area contributed by atoms with E-state index in [0.717, 1.165) is 5.56 Å². The number of hydrogen-bond donors (Lipinski definition) is 7. The number of fused-ring (bicyclic) bond motifs is 1. The molecule has 0 radical (unpaired) electrons. The molecule has 0 aliphatic carbocycles. The van der Waals surface area contributed by atoms with Crippen LogP contribution in [0, 0.1) is 6.92 Å². The molecule has 0 fully saturated rings. The van der Waals surface area contributed by atoms with Gasteiger partial charge in [0.1, 0.15) is 17.4 Å². The lowest BCUT2D eigenvalue weighted by Gasteiger charge is -2.15. The summed E-state index contributed by atoms with van der Waals surface area (Å²) in [5, 5.41) is 27.6. The van der Waals surface area contributed by atoms with Gasteiger partial charge in [0, 0.05) is 24.0 Å². The average molecular weight is 605 g/mol. The molecule has 0 saturated carbocycles. The lowest BCUT2D eigenvalue weighted by Crippen LogP contribution is -2.40. The lowest BCUT2D eigenvalue weighted by atomic mass is 10.1. The molecule has 0 bridgehead atoms. The van der Waals surface area contributed by atoms with Gasteiger partial charge in [-0.25, -0.2) is 24.5 Å². The Bertz CT molecular complexity index is 1610. The minimum atomic E-state index is -1.15. The van der Waals surface area contributed by atoms with Gasteiger partial charge in [-0.05, 0) is 62.1 Å². The number of nitrogens with one attached hydrogen (secondary N) is 3. The van der Waals surface area contributed by atoms with Crippen molar-refractivity contribution in [1.82, 2.24) is 30.2 Å². The highest BCUT2D eigenvalue weighted by Crippen LogP contribution is 2.17. The van der Waals surface area contributed by atoms with Crippen molar-refractivity contribution in [2.75, 3.05) is 28.6 Å². The van der Waals surface area contributed by atoms with Gasteiger partial charge in [0.05, 0.1) is 18.4 Å². The zero-order valence-electron chi connectivity index (χ0n) is 24.7. The Morgan fingerprint density at radius 3 is 2.34 bits per heavy atom. The van der Waals surface area contributed by atoms with Crippen molar-refractivity contribution in [3.63, 3.8) is 0 Å². The van der Waals surface area contributed by atoms with Crippen LogP contribution in [-0.2, 0) is 11.3 Å². The fraction of sp³-hybridized carbons (Fsp3) is 0.310. The fourth-order valence-electron chi connectivity index (χ4n) is 4.05. The van der Waals surface area contributed by atoms with E-state index < -0.39 is 23.9 Å². The topological polar surface area (TPSA) is 244 Å². The second-order valence-electron chi connectivity index (χ2n) is 9.43. The minimum absolute atomic E-state index is 0.0144. The fourth-order valence-corrected chi connectivity index (χ4v) is 4.05. The number of hydrogen-bond acceptors (Lipinski definition) is 12. The number of aryl methyl sites for hydroxylation is 1. The van der Waals surface area contributed by atoms with Crippen molar-refractivity contribution < 1.29 is 24.6 Å². The number of nitrogens with two attached hydrogens (primary N) is 2. The molecule has 1 unspecified atom stereocenters. The number of rotatable bonds is 13. The third-order valence-electron chi connectivity index (χ3n) is 6.19. The molecule has 0 aliphatic heterocycles. The number of carbonyl (C=O) groups is 3. The Labute approximate surface area is 253 Å². The van der Waals surface area contributed by atoms with Gasteiger partial charge in [0.15, 0.2) is 17.0 Å². The molecule has 3 aromatic heterocycles. The molecular formula is C29H36N10O5. The first-order chi connectivity index (χ1) is 21.1. The summed E-state index contributed by atoms with van der Waals surface area (Å²) in [6.45, 7) is 6.46. The Morgan fingerprint density at radius 1 is 0.932 bits per heavy atom. The van der Waals surface area contributed by atoms with Crippen LogP contribution in [0.25, 0.3) is 11.2 Å². The van der Waals surface area contributed by atoms with Crippen LogP contribution >= 0.6 is 0 Å². The van der Waals surface area contributed by atoms with Gasteiger partial charge in [0.2, 0.25) is 5.95 Å². The number of carboxylic acid groups (broad SMARTS) is 2. The van der Waals surface area contributed by atoms with E-state index in [4.69, 9.17) is 11.5 Å². The number of unbranched alkanes of at least 4 members (excludes halogenated alkanes) is 1. The van der Waals surface area contributed by atoms with Gasteiger partial charge in [-0.3, -0.25) is 4.79 Å². The number of carboxylic acids is 2. The molecule has 1 aromatic carbocycles. The highest BCUT2D eigenvalue weighted by Gasteiger charge is 2.20. The Balaban J connectivity index is 0.00000259. The summed E-state index contributed by atoms with van der Waals surface area (Å²) in [4.78, 5) is 56.5. The second kappa shape index (κ2) is 15.6. The number of benzene rings is 1. The van der Waals surface area contributed by atoms with Gasteiger partial charge >= 0.3 is 11.9 Å². The molecule has 0 spiro atoms. The molecule has 1 atom stereocenters. The van der Waals surface area contributed by atoms with Gasteiger partial charge in [-0.15, -0.1) is 0 Å². The smallest absolute Gasteiger partial charge is 0.339 e. The predicted octanol–water partition coefficient (Wildman–Crippen LogP) is 3.09. The summed E-state index contributed by atoms with van der Waals surface area (Å²) in [6, 6.07) is 6.98. The Kier molecular flexibility index (Phi) is 11.7. The van der Waals surface area contributed by atoms with E-state index in [-0.39, 0.29) is 29.6 Å². The van der Waals surface area contributed by atoms with Crippen LogP contribution in [0.15, 0.2) is 42.7 Å². The minimum Gasteiger partial charge on any atom is -0.480 e. The number of aliphatic carboxylic acids is 1. The van der Waals surface area contributed by atoms with Crippen LogP contribution < -0.4 is 27.4 Å². The summed E-state index contributed by atoms with van der Waals surface area (Å²) in [5.74, 6) is -2.35. The highest BCUT2D eigenvalue weighted by molar-refractivity contribution is 5.97. The van der Waals surface area contributed by atoms with Crippen LogP contribution in [0.1, 0.15) is 65.1 Å². The highest BCUT2D eigenvalue weighted by atomic mass is 16.4. The Hall–Kier alpha value is -5.60. The molecule has 15 heteroatoms. The van der Waals surface area contributed by atoms with E-state index in [1.165, 1.54) is 12.3 Å². The third-order valence-corrected chi connectivity index (χ3v) is 6.19. The molecule has 1 amide bonds. The number of aromatic nitrogens is 5. The third kappa shape index (κ3) is 8.95. The van der Waals surface area contributed by atoms with Crippen molar-refractivity contribution in [2.24, 2.45) is 0 Å². The number of nitrogen functional groups attached to an aromatic ring is 2. The number of nitrogens with zero attached hydrogens (tertiary/aromatic N) is 5. The van der Waals surface area contributed by atoms with Crippen LogP contribution in [0.5, 0.6) is 0 Å². The van der Waals surface area contributed by atoms with Crippen LogP contribution in [0.2, 0.25) is 0 Å². The summed E-state index contributed by atoms with van der Waals surface area (Å²) >= 11 is 0.